The Morgan fingerprint density at radius 2 is 2.00 bits per heavy atom. The number of amides is 3. The third kappa shape index (κ3) is 4.77. The average Bonchev–Trinajstić information content (AvgIpc) is 2.46. The summed E-state index contributed by atoms with van der Waals surface area (Å²) in [5.74, 6) is -1.68. The molecule has 0 spiro atoms. The van der Waals surface area contributed by atoms with E-state index in [2.05, 4.69) is 5.32 Å². The molecule has 0 radical (unpaired) electrons. The Morgan fingerprint density at radius 1 is 1.35 bits per heavy atom. The fourth-order valence-electron chi connectivity index (χ4n) is 1.74. The van der Waals surface area contributed by atoms with Gasteiger partial charge in [-0.2, -0.15) is 0 Å². The zero-order chi connectivity index (χ0) is 17.6. The molecule has 0 aliphatic heterocycles. The number of rotatable bonds is 5. The second-order valence-electron chi connectivity index (χ2n) is 4.60. The summed E-state index contributed by atoms with van der Waals surface area (Å²) in [6.07, 6.45) is -1.23. The number of carbonyl (C=O) groups is 3. The number of nitro groups is 1. The Bertz CT molecular complexity index is 643. The van der Waals surface area contributed by atoms with E-state index in [0.717, 1.165) is 0 Å². The highest BCUT2D eigenvalue weighted by Crippen LogP contribution is 2.22. The van der Waals surface area contributed by atoms with Crippen LogP contribution in [0.4, 0.5) is 10.5 Å². The number of hydrogen-bond acceptors (Lipinski definition) is 6. The van der Waals surface area contributed by atoms with Crippen molar-refractivity contribution in [3.63, 3.8) is 0 Å². The van der Waals surface area contributed by atoms with Crippen LogP contribution in [0.25, 0.3) is 0 Å². The molecule has 0 bridgehead atoms. The highest BCUT2D eigenvalue weighted by molar-refractivity contribution is 5.99. The molecular weight excluding hydrogens is 306 g/mol. The van der Waals surface area contributed by atoms with Crippen molar-refractivity contribution in [1.82, 2.24) is 10.6 Å². The third-order valence-electron chi connectivity index (χ3n) is 2.95. The number of hydrogen-bond donors (Lipinski definition) is 2. The zero-order valence-electron chi connectivity index (χ0n) is 12.9. The highest BCUT2D eigenvalue weighted by atomic mass is 16.6. The van der Waals surface area contributed by atoms with Gasteiger partial charge >= 0.3 is 12.0 Å². The van der Waals surface area contributed by atoms with Crippen LogP contribution in [0.2, 0.25) is 0 Å². The lowest BCUT2D eigenvalue weighted by Crippen LogP contribution is -2.44. The molecule has 1 aromatic carbocycles. The minimum Gasteiger partial charge on any atom is -0.449 e. The van der Waals surface area contributed by atoms with Crippen LogP contribution in [0, 0.1) is 17.0 Å². The number of nitrogens with zero attached hydrogens (tertiary/aromatic N) is 1. The van der Waals surface area contributed by atoms with E-state index >= 15 is 0 Å². The van der Waals surface area contributed by atoms with E-state index in [-0.39, 0.29) is 16.8 Å². The number of esters is 1. The molecule has 0 unspecified atom stereocenters. The van der Waals surface area contributed by atoms with Crippen LogP contribution in [-0.2, 0) is 9.53 Å². The van der Waals surface area contributed by atoms with Gasteiger partial charge < -0.3 is 10.1 Å². The lowest BCUT2D eigenvalue weighted by Gasteiger charge is -2.14. The summed E-state index contributed by atoms with van der Waals surface area (Å²) in [6, 6.07) is 3.27. The fourth-order valence-corrected chi connectivity index (χ4v) is 1.74. The van der Waals surface area contributed by atoms with Gasteiger partial charge in [0, 0.05) is 18.2 Å². The Kier molecular flexibility index (Phi) is 6.19. The smallest absolute Gasteiger partial charge is 0.339 e. The molecule has 2 N–H and O–H groups in total. The first kappa shape index (κ1) is 18.1. The van der Waals surface area contributed by atoms with Crippen molar-refractivity contribution in [1.29, 1.82) is 0 Å². The van der Waals surface area contributed by atoms with E-state index in [1.54, 1.807) is 6.92 Å². The van der Waals surface area contributed by atoms with Crippen LogP contribution in [0.5, 0.6) is 0 Å². The molecular formula is C14H17N3O6. The first-order chi connectivity index (χ1) is 10.8. The zero-order valence-corrected chi connectivity index (χ0v) is 12.9. The summed E-state index contributed by atoms with van der Waals surface area (Å²) >= 11 is 0. The number of urea groups is 1. The first-order valence-corrected chi connectivity index (χ1v) is 6.81. The van der Waals surface area contributed by atoms with Crippen LogP contribution >= 0.6 is 0 Å². The summed E-state index contributed by atoms with van der Waals surface area (Å²) in [4.78, 5) is 45.2. The number of nitro benzene ring substituents is 1. The summed E-state index contributed by atoms with van der Waals surface area (Å²) in [5, 5.41) is 15.2. The maximum absolute atomic E-state index is 12.0. The van der Waals surface area contributed by atoms with Gasteiger partial charge in [-0.15, -0.1) is 0 Å². The minimum atomic E-state index is -1.23. The van der Waals surface area contributed by atoms with Gasteiger partial charge in [0.05, 0.1) is 10.5 Å². The quantitative estimate of drug-likeness (QED) is 0.477. The van der Waals surface area contributed by atoms with Crippen LogP contribution < -0.4 is 10.6 Å². The van der Waals surface area contributed by atoms with Crippen LogP contribution in [0.1, 0.15) is 29.8 Å². The SMILES string of the molecule is CCNC(=O)NC(=O)[C@H](C)OC(=O)c1cccc([N+](=O)[O-])c1C. The standard InChI is InChI=1S/C14H17N3O6/c1-4-15-14(20)16-12(18)9(3)23-13(19)10-6-5-7-11(8(10)2)17(21)22/h5-7,9H,4H2,1-3H3,(H2,15,16,18,20)/t9-/m0/s1. The molecule has 124 valence electrons. The number of carbonyl (C=O) groups excluding carboxylic acids is 3. The fraction of sp³-hybridized carbons (Fsp3) is 0.357. The summed E-state index contributed by atoms with van der Waals surface area (Å²) < 4.78 is 4.94. The number of nitrogens with one attached hydrogen (secondary N) is 2. The molecule has 23 heavy (non-hydrogen) atoms. The van der Waals surface area contributed by atoms with Crippen molar-refractivity contribution in [2.24, 2.45) is 0 Å². The van der Waals surface area contributed by atoms with Crippen molar-refractivity contribution >= 4 is 23.6 Å². The molecule has 1 aromatic rings. The normalized spacial score (nSPS) is 11.3. The topological polar surface area (TPSA) is 128 Å². The largest absolute Gasteiger partial charge is 0.449 e. The second kappa shape index (κ2) is 7.87. The molecule has 0 aliphatic rings. The summed E-state index contributed by atoms with van der Waals surface area (Å²) in [5.41, 5.74) is -0.102. The molecule has 0 fully saturated rings. The minimum absolute atomic E-state index is 0.0168. The monoisotopic (exact) mass is 323 g/mol. The molecule has 1 rings (SSSR count). The predicted molar refractivity (Wildman–Crippen MR) is 79.9 cm³/mol. The van der Waals surface area contributed by atoms with Crippen molar-refractivity contribution in [2.45, 2.75) is 26.9 Å². The highest BCUT2D eigenvalue weighted by Gasteiger charge is 2.24. The molecule has 3 amide bonds. The van der Waals surface area contributed by atoms with Gasteiger partial charge in [-0.3, -0.25) is 20.2 Å². The Balaban J connectivity index is 2.80. The molecule has 9 nitrogen and oxygen atoms in total. The van der Waals surface area contributed by atoms with Crippen molar-refractivity contribution < 1.29 is 24.0 Å². The average molecular weight is 323 g/mol. The number of ether oxygens (including phenoxy) is 1. The van der Waals surface area contributed by atoms with Crippen LogP contribution in [-0.4, -0.2) is 35.5 Å². The van der Waals surface area contributed by atoms with Gasteiger partial charge in [0.2, 0.25) is 0 Å². The van der Waals surface area contributed by atoms with Gasteiger partial charge in [0.1, 0.15) is 0 Å². The lowest BCUT2D eigenvalue weighted by atomic mass is 10.1. The second-order valence-corrected chi connectivity index (χ2v) is 4.60. The molecule has 0 heterocycles. The van der Waals surface area contributed by atoms with E-state index in [1.165, 1.54) is 32.0 Å². The van der Waals surface area contributed by atoms with Crippen molar-refractivity contribution in [3.8, 4) is 0 Å². The molecule has 0 saturated heterocycles. The summed E-state index contributed by atoms with van der Waals surface area (Å²) in [6.45, 7) is 4.71. The first-order valence-electron chi connectivity index (χ1n) is 6.81. The van der Waals surface area contributed by atoms with E-state index in [0.29, 0.717) is 6.54 Å². The van der Waals surface area contributed by atoms with Crippen LogP contribution in [0.3, 0.4) is 0 Å². The van der Waals surface area contributed by atoms with Gasteiger partial charge in [0.15, 0.2) is 6.10 Å². The van der Waals surface area contributed by atoms with Gasteiger partial charge in [-0.1, -0.05) is 6.07 Å². The van der Waals surface area contributed by atoms with Crippen molar-refractivity contribution in [3.05, 3.63) is 39.4 Å². The van der Waals surface area contributed by atoms with E-state index < -0.39 is 28.9 Å². The van der Waals surface area contributed by atoms with Crippen molar-refractivity contribution in [2.75, 3.05) is 6.54 Å². The van der Waals surface area contributed by atoms with Gasteiger partial charge in [0.25, 0.3) is 11.6 Å². The van der Waals surface area contributed by atoms with E-state index in [1.807, 2.05) is 5.32 Å². The third-order valence-corrected chi connectivity index (χ3v) is 2.95. The lowest BCUT2D eigenvalue weighted by molar-refractivity contribution is -0.385. The molecule has 9 heteroatoms. The maximum Gasteiger partial charge on any atom is 0.339 e. The maximum atomic E-state index is 12.0. The Hall–Kier alpha value is -2.97. The van der Waals surface area contributed by atoms with E-state index in [4.69, 9.17) is 4.74 Å². The Labute approximate surface area is 132 Å². The Morgan fingerprint density at radius 3 is 2.57 bits per heavy atom. The molecule has 0 saturated carbocycles. The molecule has 0 aliphatic carbocycles. The molecule has 1 atom stereocenters. The van der Waals surface area contributed by atoms with E-state index in [9.17, 15) is 24.5 Å². The number of imide groups is 1. The predicted octanol–water partition coefficient (Wildman–Crippen LogP) is 1.29. The molecule has 0 aromatic heterocycles. The van der Waals surface area contributed by atoms with Crippen LogP contribution in [0.15, 0.2) is 18.2 Å². The summed E-state index contributed by atoms with van der Waals surface area (Å²) in [7, 11) is 0. The number of benzene rings is 1. The van der Waals surface area contributed by atoms with Gasteiger partial charge in [-0.25, -0.2) is 9.59 Å². The van der Waals surface area contributed by atoms with Gasteiger partial charge in [-0.05, 0) is 26.8 Å².